The number of carbonyl (C=O) groups is 3. The van der Waals surface area contributed by atoms with Gasteiger partial charge in [-0.15, -0.1) is 263 Å². The largest absolute Gasteiger partial charge is 3.00 e. The molecule has 23 heteroatoms. The normalized spacial score (nSPS) is 9.63. The Labute approximate surface area is 867 Å². The second kappa shape index (κ2) is 67.4. The third-order valence-corrected chi connectivity index (χ3v) is 17.9. The van der Waals surface area contributed by atoms with Crippen LogP contribution >= 0.6 is 11.3 Å². The molecule has 10 aromatic heterocycles. The van der Waals surface area contributed by atoms with Gasteiger partial charge in [-0.05, 0) is 155 Å². The molecule has 19 rings (SSSR count). The van der Waals surface area contributed by atoms with Crippen molar-refractivity contribution in [3.8, 4) is 89.4 Å². The summed E-state index contributed by atoms with van der Waals surface area (Å²) in [6.45, 7) is 7.76. The number of aryl methyl sites for hydroxylation is 1. The fraction of sp³-hybridized carbons (Fsp3) is 0.0450. The minimum Gasteiger partial charge on any atom is -0.512 e. The summed E-state index contributed by atoms with van der Waals surface area (Å²) in [7, 11) is 0. The van der Waals surface area contributed by atoms with Crippen molar-refractivity contribution in [2.45, 2.75) is 34.6 Å². The molecule has 0 spiro atoms. The van der Waals surface area contributed by atoms with E-state index in [1.807, 2.05) is 292 Å². The molecule has 685 valence electrons. The molecule has 0 saturated carbocycles. The van der Waals surface area contributed by atoms with E-state index in [2.05, 4.69) is 137 Å². The molecule has 0 aliphatic heterocycles. The first-order valence-electron chi connectivity index (χ1n) is 40.1. The number of carboxylic acid groups (broad SMARTS) is 1. The van der Waals surface area contributed by atoms with Crippen LogP contribution < -0.4 is 0 Å². The second-order valence-electron chi connectivity index (χ2n) is 26.8. The van der Waals surface area contributed by atoms with Crippen molar-refractivity contribution in [2.24, 2.45) is 0 Å². The Kier molecular flexibility index (Phi) is 58.1. The number of aromatic carboxylic acids is 1. The number of fused-ring (bicyclic) bond motifs is 2. The number of halogens is 1. The molecule has 134 heavy (non-hydrogen) atoms. The van der Waals surface area contributed by atoms with Crippen LogP contribution in [0.1, 0.15) is 43.7 Å². The fourth-order valence-corrected chi connectivity index (χ4v) is 12.1. The van der Waals surface area contributed by atoms with Crippen LogP contribution in [0, 0.1) is 61.3 Å². The van der Waals surface area contributed by atoms with Crippen LogP contribution in [-0.2, 0) is 130 Å². The molecule has 10 heterocycles. The summed E-state index contributed by atoms with van der Waals surface area (Å²) in [6.07, 6.45) is 18.1. The van der Waals surface area contributed by atoms with Crippen molar-refractivity contribution >= 4 is 49.7 Å². The summed E-state index contributed by atoms with van der Waals surface area (Å²) in [5, 5.41) is 28.6. The first-order chi connectivity index (χ1) is 62.5. The monoisotopic (exact) mass is 2850 g/mol. The number of hydrogen-bond acceptors (Lipinski definition) is 15. The number of allylic oxidation sites excluding steroid dienone is 4. The third kappa shape index (κ3) is 43.3. The minimum atomic E-state index is -0.990. The van der Waals surface area contributed by atoms with Gasteiger partial charge in [0.15, 0.2) is 11.6 Å². The molecule has 0 fully saturated rings. The van der Waals surface area contributed by atoms with E-state index >= 15 is 0 Å². The molecule has 0 atom stereocenters. The predicted octanol–water partition coefficient (Wildman–Crippen LogP) is 26.0. The number of carbonyl (C=O) groups excluding carboxylic acids is 2. The number of aliphatic hydroxyl groups is 2. The number of aromatic nitrogens is 9. The van der Waals surface area contributed by atoms with Crippen LogP contribution in [0.2, 0.25) is 0 Å². The molecule has 0 unspecified atom stereocenters. The average Bonchev–Trinajstić information content (AvgIpc) is 1.77. The summed E-state index contributed by atoms with van der Waals surface area (Å²) in [5.74, 6) is -1.41. The van der Waals surface area contributed by atoms with E-state index in [0.29, 0.717) is 11.3 Å². The van der Waals surface area contributed by atoms with Gasteiger partial charge in [-0.1, -0.05) is 132 Å². The summed E-state index contributed by atoms with van der Waals surface area (Å²) < 4.78 is 14.5. The van der Waals surface area contributed by atoms with E-state index in [0.717, 1.165) is 78.1 Å². The number of pyridine rings is 9. The Morgan fingerprint density at radius 3 is 0.993 bits per heavy atom. The maximum atomic E-state index is 13.2. The van der Waals surface area contributed by atoms with Crippen molar-refractivity contribution in [1.82, 2.24) is 44.9 Å². The van der Waals surface area contributed by atoms with Gasteiger partial charge in [0.25, 0.3) is 0 Å². The summed E-state index contributed by atoms with van der Waals surface area (Å²) in [4.78, 5) is 68.8. The van der Waals surface area contributed by atoms with Crippen molar-refractivity contribution in [3.63, 3.8) is 0 Å². The number of ketones is 2. The zero-order valence-corrected chi connectivity index (χ0v) is 88.0. The van der Waals surface area contributed by atoms with E-state index in [1.165, 1.54) is 84.6 Å². The Bertz CT molecular complexity index is 5950. The van der Waals surface area contributed by atoms with Crippen LogP contribution in [0.15, 0.2) is 437 Å². The molecular formula is C111H88FIr6N9O6S-5. The number of thiophene rings is 1. The van der Waals surface area contributed by atoms with Gasteiger partial charge in [0.1, 0.15) is 5.69 Å². The second-order valence-corrected chi connectivity index (χ2v) is 27.9. The van der Waals surface area contributed by atoms with Crippen molar-refractivity contribution in [2.75, 3.05) is 0 Å². The van der Waals surface area contributed by atoms with Gasteiger partial charge in [-0.25, -0.2) is 21.1 Å². The van der Waals surface area contributed by atoms with Gasteiger partial charge in [0, 0.05) is 180 Å². The smallest absolute Gasteiger partial charge is 0.512 e. The van der Waals surface area contributed by atoms with Crippen LogP contribution in [0.5, 0.6) is 0 Å². The van der Waals surface area contributed by atoms with Crippen molar-refractivity contribution in [3.05, 3.63) is 503 Å². The van der Waals surface area contributed by atoms with Gasteiger partial charge in [0.2, 0.25) is 0 Å². The Hall–Kier alpha value is -12.7. The molecule has 3 N–H and O–H groups in total. The zero-order valence-electron chi connectivity index (χ0n) is 72.8. The molecular weight excluding hydrogens is 2760 g/mol. The molecule has 0 bridgehead atoms. The first-order valence-corrected chi connectivity index (χ1v) is 40.9. The SMILES string of the molecule is CC(=O)C=C(C)O.CC(=O)C=C(C)O.Cc1ccnc(-c2[c-]cccc2)c1.Fc1ccc[c-]c1-c1ccccn1.O=C(O)c1ccccn1.[Ir+3].[Ir].[Ir].[Ir].[Ir].[Ir].[c-]1c(-c2ccccn2)sc2ccccc12.[c-]1ccccc1-c1ccccn1.[c-]1ccccc1-c1ccccn1.[c-]1ccccc1-c1ccccn1.[c-]1ccccc1-c1ccccn1.[c-]1ccccc1-c1nccc2ccccc12. The van der Waals surface area contributed by atoms with Crippen LogP contribution in [0.4, 0.5) is 4.39 Å². The van der Waals surface area contributed by atoms with Gasteiger partial charge < -0.3 is 55.2 Å². The number of rotatable bonds is 11. The maximum Gasteiger partial charge on any atom is 3.00 e. The maximum absolute atomic E-state index is 13.2. The molecule has 0 saturated heterocycles. The average molecular weight is 2850 g/mol. The standard InChI is InChI=1S/C15H10N.C13H8NS.C12H10N.C11H7FN.4C11H8N.C6H5NO2.2C5H8O2.6Ir/c1-2-7-13(8-3-1)15-14-9-5-4-6-12(14)10-11-16-15;1-2-7-12-10(5-1)9-13(15-12)11-6-3-4-8-14-11;1-10-7-8-13-12(9-10)11-5-3-2-4-6-11;12-10-6-2-1-5-9(10)11-7-3-4-8-13-11;4*1-2-6-10(7-3-1)11-8-4-5-9-12-11;8-6(9)5-3-1-2-4-7-5;2*1-4(6)3-5(2)7;;;;;;/h1-7,9-11H;1-8H;2-5,7-9H,1H3;1-4,6-8H;4*1-6,8-9H;1-4H,(H,8,9);2*3,6H,1-2H3;;;;;;/q8*-1;;;;;;;;;+3. The first kappa shape index (κ1) is 115. The molecule has 0 amide bonds. The minimum absolute atomic E-state index is 0. The van der Waals surface area contributed by atoms with E-state index in [4.69, 9.17) is 15.3 Å². The van der Waals surface area contributed by atoms with Crippen LogP contribution in [-0.4, -0.2) is 77.7 Å². The summed E-state index contributed by atoms with van der Waals surface area (Å²) in [6, 6.07) is 139. The van der Waals surface area contributed by atoms with Gasteiger partial charge in [-0.2, -0.15) is 0 Å². The summed E-state index contributed by atoms with van der Waals surface area (Å²) in [5.41, 5.74) is 15.5. The molecule has 5 radical (unpaired) electrons. The quantitative estimate of drug-likeness (QED) is 0.0621. The molecule has 19 aromatic rings. The Morgan fingerprint density at radius 2 is 0.657 bits per heavy atom. The number of nitrogens with zero attached hydrogens (tertiary/aromatic N) is 9. The summed E-state index contributed by atoms with van der Waals surface area (Å²) >= 11 is 1.73. The fourth-order valence-electron chi connectivity index (χ4n) is 11.1. The zero-order chi connectivity index (χ0) is 90.4. The molecule has 15 nitrogen and oxygen atoms in total. The Balaban J connectivity index is 0.000000381. The van der Waals surface area contributed by atoms with Crippen LogP contribution in [0.3, 0.4) is 0 Å². The molecule has 0 aliphatic rings. The topological polar surface area (TPSA) is 228 Å². The van der Waals surface area contributed by atoms with Gasteiger partial charge in [0.05, 0.1) is 11.5 Å². The van der Waals surface area contributed by atoms with E-state index < -0.39 is 5.97 Å². The van der Waals surface area contributed by atoms with Gasteiger partial charge in [-0.3, -0.25) is 14.0 Å². The number of carboxylic acids is 1. The number of hydrogen-bond donors (Lipinski definition) is 3. The molecule has 9 aromatic carbocycles. The molecule has 0 aliphatic carbocycles. The number of aliphatic hydroxyl groups excluding tert-OH is 2. The van der Waals surface area contributed by atoms with E-state index in [9.17, 15) is 18.8 Å². The van der Waals surface area contributed by atoms with E-state index in [-0.39, 0.29) is 155 Å². The van der Waals surface area contributed by atoms with Gasteiger partial charge >= 0.3 is 26.1 Å². The number of benzene rings is 9. The van der Waals surface area contributed by atoms with Crippen LogP contribution in [0.25, 0.3) is 110 Å². The Morgan fingerprint density at radius 1 is 0.321 bits per heavy atom. The van der Waals surface area contributed by atoms with Crippen molar-refractivity contribution < 1.29 is 155 Å². The predicted molar refractivity (Wildman–Crippen MR) is 511 cm³/mol. The van der Waals surface area contributed by atoms with Crippen molar-refractivity contribution in [1.29, 1.82) is 0 Å². The third-order valence-electron chi connectivity index (χ3n) is 16.8. The van der Waals surface area contributed by atoms with E-state index in [1.54, 1.807) is 78.7 Å².